The van der Waals surface area contributed by atoms with E-state index in [0.29, 0.717) is 5.02 Å². The smallest absolute Gasteiger partial charge is 0.331 e. The molecule has 0 spiro atoms. The lowest BCUT2D eigenvalue weighted by Crippen LogP contribution is -2.20. The molecular formula is C15H13ClO3S. The molecule has 104 valence electrons. The molecule has 1 heterocycles. The van der Waals surface area contributed by atoms with E-state index in [0.717, 1.165) is 15.0 Å². The predicted octanol–water partition coefficient (Wildman–Crippen LogP) is 4.09. The van der Waals surface area contributed by atoms with E-state index in [-0.39, 0.29) is 5.78 Å². The minimum absolute atomic E-state index is 0.188. The zero-order chi connectivity index (χ0) is 14.7. The van der Waals surface area contributed by atoms with Gasteiger partial charge in [0.1, 0.15) is 0 Å². The zero-order valence-corrected chi connectivity index (χ0v) is 12.6. The number of thiophene rings is 1. The van der Waals surface area contributed by atoms with Crippen molar-refractivity contribution in [3.05, 3.63) is 40.2 Å². The largest absolute Gasteiger partial charge is 0.452 e. The van der Waals surface area contributed by atoms with E-state index in [4.69, 9.17) is 16.3 Å². The van der Waals surface area contributed by atoms with Crippen LogP contribution in [0.2, 0.25) is 5.02 Å². The Kier molecular flexibility index (Phi) is 4.57. The van der Waals surface area contributed by atoms with Gasteiger partial charge in [0.05, 0.1) is 5.02 Å². The average Bonchev–Trinajstić information content (AvgIpc) is 2.73. The molecule has 2 rings (SSSR count). The summed E-state index contributed by atoms with van der Waals surface area (Å²) in [6, 6.07) is 7.75. The van der Waals surface area contributed by atoms with Crippen molar-refractivity contribution in [2.45, 2.75) is 20.0 Å². The molecule has 5 heteroatoms. The number of ketones is 1. The van der Waals surface area contributed by atoms with Crippen LogP contribution in [0.15, 0.2) is 30.3 Å². The van der Waals surface area contributed by atoms with Crippen LogP contribution in [0.1, 0.15) is 18.7 Å². The summed E-state index contributed by atoms with van der Waals surface area (Å²) in [5.41, 5.74) is 0. The maximum atomic E-state index is 11.6. The van der Waals surface area contributed by atoms with Gasteiger partial charge in [-0.1, -0.05) is 29.8 Å². The molecule has 0 aliphatic heterocycles. The maximum absolute atomic E-state index is 11.6. The Morgan fingerprint density at radius 3 is 2.70 bits per heavy atom. The summed E-state index contributed by atoms with van der Waals surface area (Å²) in [5.74, 6) is -0.743. The summed E-state index contributed by atoms with van der Waals surface area (Å²) in [6.45, 7) is 2.92. The third-order valence-electron chi connectivity index (χ3n) is 2.80. The fraction of sp³-hybridized carbons (Fsp3) is 0.200. The Bertz CT molecular complexity index is 687. The Morgan fingerprint density at radius 1 is 1.35 bits per heavy atom. The molecule has 1 aromatic heterocycles. The number of hydrogen-bond acceptors (Lipinski definition) is 4. The Morgan fingerprint density at radius 2 is 2.05 bits per heavy atom. The normalized spacial score (nSPS) is 12.8. The van der Waals surface area contributed by atoms with Crippen molar-refractivity contribution in [3.63, 3.8) is 0 Å². The lowest BCUT2D eigenvalue weighted by molar-refractivity contribution is -0.148. The van der Waals surface area contributed by atoms with Crippen LogP contribution in [-0.4, -0.2) is 17.9 Å². The minimum atomic E-state index is -0.731. The Balaban J connectivity index is 2.15. The molecule has 1 unspecified atom stereocenters. The summed E-state index contributed by atoms with van der Waals surface area (Å²) in [5, 5.41) is 1.58. The number of carbonyl (C=O) groups excluding carboxylic acids is 2. The van der Waals surface area contributed by atoms with E-state index in [2.05, 4.69) is 0 Å². The van der Waals surface area contributed by atoms with E-state index in [9.17, 15) is 9.59 Å². The molecule has 0 N–H and O–H groups in total. The van der Waals surface area contributed by atoms with Gasteiger partial charge in [-0.2, -0.15) is 0 Å². The number of fused-ring (bicyclic) bond motifs is 1. The SMILES string of the molecule is CC(=O)C(C)OC(=O)/C=C/c1sc2ccccc2c1Cl. The highest BCUT2D eigenvalue weighted by molar-refractivity contribution is 7.20. The number of halogens is 1. The fourth-order valence-corrected chi connectivity index (χ4v) is 2.98. The highest BCUT2D eigenvalue weighted by Gasteiger charge is 2.12. The molecule has 0 fully saturated rings. The van der Waals surface area contributed by atoms with Crippen LogP contribution in [0, 0.1) is 0 Å². The minimum Gasteiger partial charge on any atom is -0.452 e. The van der Waals surface area contributed by atoms with Gasteiger partial charge in [0, 0.05) is 21.0 Å². The number of benzene rings is 1. The van der Waals surface area contributed by atoms with Gasteiger partial charge in [-0.3, -0.25) is 4.79 Å². The first-order valence-electron chi connectivity index (χ1n) is 6.05. The maximum Gasteiger partial charge on any atom is 0.331 e. The number of hydrogen-bond donors (Lipinski definition) is 0. The molecule has 0 amide bonds. The number of carbonyl (C=O) groups is 2. The second kappa shape index (κ2) is 6.20. The van der Waals surface area contributed by atoms with Crippen molar-refractivity contribution in [1.29, 1.82) is 0 Å². The van der Waals surface area contributed by atoms with Gasteiger partial charge in [-0.25, -0.2) is 4.79 Å². The van der Waals surface area contributed by atoms with Crippen LogP contribution in [0.3, 0.4) is 0 Å². The number of esters is 1. The molecule has 20 heavy (non-hydrogen) atoms. The predicted molar refractivity (Wildman–Crippen MR) is 82.1 cm³/mol. The van der Waals surface area contributed by atoms with Crippen molar-refractivity contribution >= 4 is 50.9 Å². The van der Waals surface area contributed by atoms with Crippen LogP contribution >= 0.6 is 22.9 Å². The standard InChI is InChI=1S/C15H13ClO3S/c1-9(17)10(2)19-14(18)8-7-13-15(16)11-5-3-4-6-12(11)20-13/h3-8,10H,1-2H3/b8-7+. The second-order valence-electron chi connectivity index (χ2n) is 4.30. The van der Waals surface area contributed by atoms with Crippen LogP contribution in [0.5, 0.6) is 0 Å². The molecule has 0 radical (unpaired) electrons. The summed E-state index contributed by atoms with van der Waals surface area (Å²) in [7, 11) is 0. The van der Waals surface area contributed by atoms with Crippen molar-refractivity contribution in [2.75, 3.05) is 0 Å². The topological polar surface area (TPSA) is 43.4 Å². The zero-order valence-electron chi connectivity index (χ0n) is 11.1. The summed E-state index contributed by atoms with van der Waals surface area (Å²) >= 11 is 7.75. The van der Waals surface area contributed by atoms with Gasteiger partial charge in [-0.05, 0) is 26.0 Å². The number of ether oxygens (including phenoxy) is 1. The van der Waals surface area contributed by atoms with Gasteiger partial charge < -0.3 is 4.74 Å². The molecule has 0 aliphatic carbocycles. The molecule has 1 aromatic carbocycles. The van der Waals surface area contributed by atoms with Crippen LogP contribution in [0.4, 0.5) is 0 Å². The quantitative estimate of drug-likeness (QED) is 0.631. The monoisotopic (exact) mass is 308 g/mol. The Labute approximate surface area is 125 Å². The van der Waals surface area contributed by atoms with Crippen LogP contribution < -0.4 is 0 Å². The first kappa shape index (κ1) is 14.8. The lowest BCUT2D eigenvalue weighted by Gasteiger charge is -2.06. The molecule has 0 aliphatic rings. The van der Waals surface area contributed by atoms with Gasteiger partial charge in [0.2, 0.25) is 0 Å². The highest BCUT2D eigenvalue weighted by Crippen LogP contribution is 2.35. The van der Waals surface area contributed by atoms with E-state index < -0.39 is 12.1 Å². The average molecular weight is 309 g/mol. The van der Waals surface area contributed by atoms with E-state index in [1.54, 1.807) is 13.0 Å². The second-order valence-corrected chi connectivity index (χ2v) is 5.76. The fourth-order valence-electron chi connectivity index (χ4n) is 1.58. The third-order valence-corrected chi connectivity index (χ3v) is 4.45. The van der Waals surface area contributed by atoms with Gasteiger partial charge >= 0.3 is 5.97 Å². The van der Waals surface area contributed by atoms with Gasteiger partial charge in [0.15, 0.2) is 11.9 Å². The number of Topliss-reactive ketones (excluding diaryl/α,β-unsaturated/α-hetero) is 1. The van der Waals surface area contributed by atoms with E-state index in [1.165, 1.54) is 24.3 Å². The van der Waals surface area contributed by atoms with E-state index in [1.807, 2.05) is 24.3 Å². The number of rotatable bonds is 4. The molecule has 2 aromatic rings. The molecular weight excluding hydrogens is 296 g/mol. The summed E-state index contributed by atoms with van der Waals surface area (Å²) in [6.07, 6.45) is 2.17. The molecule has 3 nitrogen and oxygen atoms in total. The van der Waals surface area contributed by atoms with E-state index >= 15 is 0 Å². The van der Waals surface area contributed by atoms with Crippen molar-refractivity contribution in [1.82, 2.24) is 0 Å². The molecule has 0 bridgehead atoms. The van der Waals surface area contributed by atoms with Crippen molar-refractivity contribution in [3.8, 4) is 0 Å². The van der Waals surface area contributed by atoms with Gasteiger partial charge in [-0.15, -0.1) is 11.3 Å². The van der Waals surface area contributed by atoms with Gasteiger partial charge in [0.25, 0.3) is 0 Å². The molecule has 0 saturated heterocycles. The Hall–Kier alpha value is -1.65. The van der Waals surface area contributed by atoms with Crippen molar-refractivity contribution in [2.24, 2.45) is 0 Å². The molecule has 1 atom stereocenters. The lowest BCUT2D eigenvalue weighted by atomic mass is 10.2. The first-order chi connectivity index (χ1) is 9.49. The highest BCUT2D eigenvalue weighted by atomic mass is 35.5. The van der Waals surface area contributed by atoms with Crippen LogP contribution in [0.25, 0.3) is 16.2 Å². The summed E-state index contributed by atoms with van der Waals surface area (Å²) < 4.78 is 5.99. The van der Waals surface area contributed by atoms with Crippen molar-refractivity contribution < 1.29 is 14.3 Å². The van der Waals surface area contributed by atoms with Crippen LogP contribution in [-0.2, 0) is 14.3 Å². The first-order valence-corrected chi connectivity index (χ1v) is 7.24. The summed E-state index contributed by atoms with van der Waals surface area (Å²) in [4.78, 5) is 23.4. The molecule has 0 saturated carbocycles. The third kappa shape index (κ3) is 3.26.